The van der Waals surface area contributed by atoms with Gasteiger partial charge in [-0.3, -0.25) is 0 Å². The molecule has 0 heterocycles. The third-order valence-corrected chi connectivity index (χ3v) is 2.30. The van der Waals surface area contributed by atoms with Crippen LogP contribution in [0.25, 0.3) is 0 Å². The largest absolute Gasteiger partial charge is 0.304 e. The zero-order chi connectivity index (χ0) is 8.69. The highest BCUT2D eigenvalue weighted by atomic mass is 15.1. The molecule has 0 saturated carbocycles. The topological polar surface area (TPSA) is 3.24 Å². The van der Waals surface area contributed by atoms with Crippen LogP contribution in [-0.4, -0.2) is 24.5 Å². The second-order valence-electron chi connectivity index (χ2n) is 3.47. The maximum absolute atomic E-state index is 2.45. The molecule has 0 radical (unpaired) electrons. The highest BCUT2D eigenvalue weighted by Gasteiger charge is 2.05. The van der Waals surface area contributed by atoms with Crippen molar-refractivity contribution in [2.75, 3.05) is 13.6 Å². The van der Waals surface area contributed by atoms with E-state index >= 15 is 0 Å². The van der Waals surface area contributed by atoms with Gasteiger partial charge in [-0.2, -0.15) is 0 Å². The molecule has 1 nitrogen and oxygen atoms in total. The van der Waals surface area contributed by atoms with E-state index in [0.29, 0.717) is 0 Å². The third-order valence-electron chi connectivity index (χ3n) is 2.30. The van der Waals surface area contributed by atoms with Gasteiger partial charge in [0.25, 0.3) is 0 Å². The molecule has 0 unspecified atom stereocenters. The van der Waals surface area contributed by atoms with Gasteiger partial charge in [-0.1, -0.05) is 26.7 Å². The second-order valence-corrected chi connectivity index (χ2v) is 3.47. The van der Waals surface area contributed by atoms with Crippen molar-refractivity contribution in [3.8, 4) is 0 Å². The second kappa shape index (κ2) is 6.66. The predicted molar refractivity (Wildman–Crippen MR) is 51.9 cm³/mol. The van der Waals surface area contributed by atoms with Crippen molar-refractivity contribution in [2.45, 2.75) is 52.5 Å². The van der Waals surface area contributed by atoms with E-state index in [-0.39, 0.29) is 0 Å². The van der Waals surface area contributed by atoms with E-state index in [1.165, 1.54) is 32.2 Å². The minimum absolute atomic E-state index is 0.773. The fraction of sp³-hybridized carbons (Fsp3) is 1.00. The van der Waals surface area contributed by atoms with Crippen LogP contribution in [0.3, 0.4) is 0 Å². The van der Waals surface area contributed by atoms with Crippen LogP contribution in [0, 0.1) is 0 Å². The Hall–Kier alpha value is -0.0400. The van der Waals surface area contributed by atoms with E-state index in [9.17, 15) is 0 Å². The molecule has 11 heavy (non-hydrogen) atoms. The smallest absolute Gasteiger partial charge is 0.00638 e. The summed E-state index contributed by atoms with van der Waals surface area (Å²) in [5.41, 5.74) is 0. The summed E-state index contributed by atoms with van der Waals surface area (Å²) in [6.45, 7) is 8.06. The highest BCUT2D eigenvalue weighted by Crippen LogP contribution is 2.06. The third kappa shape index (κ3) is 5.25. The van der Waals surface area contributed by atoms with Gasteiger partial charge in [-0.25, -0.2) is 0 Å². The predicted octanol–water partition coefficient (Wildman–Crippen LogP) is 2.91. The molecular formula is C10H23N. The van der Waals surface area contributed by atoms with Gasteiger partial charge in [0.05, 0.1) is 0 Å². The Balaban J connectivity index is 3.38. The molecular weight excluding hydrogens is 134 g/mol. The Morgan fingerprint density at radius 3 is 2.27 bits per heavy atom. The van der Waals surface area contributed by atoms with Crippen LogP contribution in [0.1, 0.15) is 46.5 Å². The van der Waals surface area contributed by atoms with Crippen LogP contribution >= 0.6 is 0 Å². The van der Waals surface area contributed by atoms with E-state index in [2.05, 4.69) is 32.7 Å². The molecule has 1 atom stereocenters. The lowest BCUT2D eigenvalue weighted by atomic mass is 10.1. The van der Waals surface area contributed by atoms with Crippen LogP contribution in [0.5, 0.6) is 0 Å². The average Bonchev–Trinajstić information content (AvgIpc) is 2.00. The van der Waals surface area contributed by atoms with Crippen molar-refractivity contribution < 1.29 is 0 Å². The molecule has 0 aromatic rings. The lowest BCUT2D eigenvalue weighted by Gasteiger charge is -2.23. The number of hydrogen-bond acceptors (Lipinski definition) is 1. The molecule has 0 amide bonds. The Labute approximate surface area is 71.8 Å². The van der Waals surface area contributed by atoms with Crippen LogP contribution in [0.4, 0.5) is 0 Å². The van der Waals surface area contributed by atoms with Gasteiger partial charge in [0.2, 0.25) is 0 Å². The van der Waals surface area contributed by atoms with Crippen molar-refractivity contribution in [1.82, 2.24) is 4.90 Å². The van der Waals surface area contributed by atoms with Crippen molar-refractivity contribution in [3.05, 3.63) is 0 Å². The average molecular weight is 157 g/mol. The van der Waals surface area contributed by atoms with Crippen molar-refractivity contribution >= 4 is 0 Å². The van der Waals surface area contributed by atoms with Crippen LogP contribution in [-0.2, 0) is 0 Å². The van der Waals surface area contributed by atoms with Crippen LogP contribution in [0.2, 0.25) is 0 Å². The molecule has 0 saturated heterocycles. The molecule has 0 aliphatic rings. The number of rotatable bonds is 6. The van der Waals surface area contributed by atoms with E-state index < -0.39 is 0 Å². The summed E-state index contributed by atoms with van der Waals surface area (Å²) in [5, 5.41) is 0. The summed E-state index contributed by atoms with van der Waals surface area (Å²) in [5.74, 6) is 0. The first-order chi connectivity index (χ1) is 5.22. The van der Waals surface area contributed by atoms with E-state index in [0.717, 1.165) is 6.04 Å². The Kier molecular flexibility index (Phi) is 6.63. The molecule has 0 spiro atoms. The number of hydrogen-bond donors (Lipinski definition) is 0. The first-order valence-corrected chi connectivity index (χ1v) is 4.92. The Bertz CT molecular complexity index is 80.9. The standard InChI is InChI=1S/C10H23N/c1-5-7-8-10(3)11(4)9-6-2/h10H,5-9H2,1-4H3/t10-/m1/s1. The van der Waals surface area contributed by atoms with Gasteiger partial charge in [0, 0.05) is 6.04 Å². The van der Waals surface area contributed by atoms with Gasteiger partial charge < -0.3 is 4.90 Å². The lowest BCUT2D eigenvalue weighted by molar-refractivity contribution is 0.243. The first-order valence-electron chi connectivity index (χ1n) is 4.92. The van der Waals surface area contributed by atoms with Gasteiger partial charge in [-0.05, 0) is 33.4 Å². The maximum Gasteiger partial charge on any atom is 0.00638 e. The molecule has 0 aromatic heterocycles. The van der Waals surface area contributed by atoms with Gasteiger partial charge >= 0.3 is 0 Å². The van der Waals surface area contributed by atoms with Crippen molar-refractivity contribution in [1.29, 1.82) is 0 Å². The molecule has 0 bridgehead atoms. The summed E-state index contributed by atoms with van der Waals surface area (Å²) in [7, 11) is 2.23. The molecule has 0 aliphatic heterocycles. The highest BCUT2D eigenvalue weighted by molar-refractivity contribution is 4.61. The molecule has 0 aromatic carbocycles. The quantitative estimate of drug-likeness (QED) is 0.573. The normalized spacial score (nSPS) is 13.9. The molecule has 0 fully saturated rings. The van der Waals surface area contributed by atoms with E-state index in [1.54, 1.807) is 0 Å². The minimum atomic E-state index is 0.773. The molecule has 0 aliphatic carbocycles. The fourth-order valence-electron chi connectivity index (χ4n) is 1.29. The molecule has 68 valence electrons. The lowest BCUT2D eigenvalue weighted by Crippen LogP contribution is -2.29. The van der Waals surface area contributed by atoms with Crippen LogP contribution < -0.4 is 0 Å². The maximum atomic E-state index is 2.45. The summed E-state index contributed by atoms with van der Waals surface area (Å²) < 4.78 is 0. The van der Waals surface area contributed by atoms with Gasteiger partial charge in [0.15, 0.2) is 0 Å². The number of nitrogens with zero attached hydrogens (tertiary/aromatic N) is 1. The summed E-state index contributed by atoms with van der Waals surface area (Å²) in [6, 6.07) is 0.773. The van der Waals surface area contributed by atoms with Crippen molar-refractivity contribution in [3.63, 3.8) is 0 Å². The fourth-order valence-corrected chi connectivity index (χ4v) is 1.29. The van der Waals surface area contributed by atoms with E-state index in [4.69, 9.17) is 0 Å². The zero-order valence-electron chi connectivity index (χ0n) is 8.56. The molecule has 0 N–H and O–H groups in total. The minimum Gasteiger partial charge on any atom is -0.304 e. The van der Waals surface area contributed by atoms with Gasteiger partial charge in [0.1, 0.15) is 0 Å². The van der Waals surface area contributed by atoms with Crippen molar-refractivity contribution in [2.24, 2.45) is 0 Å². The molecule has 1 heteroatoms. The Morgan fingerprint density at radius 2 is 1.82 bits per heavy atom. The number of unbranched alkanes of at least 4 members (excludes halogenated alkanes) is 1. The SMILES string of the molecule is CCCC[C@@H](C)N(C)CCC. The summed E-state index contributed by atoms with van der Waals surface area (Å²) in [4.78, 5) is 2.45. The Morgan fingerprint density at radius 1 is 1.18 bits per heavy atom. The van der Waals surface area contributed by atoms with Crippen LogP contribution in [0.15, 0.2) is 0 Å². The summed E-state index contributed by atoms with van der Waals surface area (Å²) >= 11 is 0. The zero-order valence-corrected chi connectivity index (χ0v) is 8.56. The first kappa shape index (κ1) is 11.0. The monoisotopic (exact) mass is 157 g/mol. The van der Waals surface area contributed by atoms with Gasteiger partial charge in [-0.15, -0.1) is 0 Å². The summed E-state index contributed by atoms with van der Waals surface area (Å²) in [6.07, 6.45) is 5.32. The van der Waals surface area contributed by atoms with E-state index in [1.807, 2.05) is 0 Å². The molecule has 0 rings (SSSR count).